The van der Waals surface area contributed by atoms with Crippen LogP contribution in [-0.2, 0) is 9.59 Å². The van der Waals surface area contributed by atoms with Crippen molar-refractivity contribution in [2.24, 2.45) is 5.73 Å². The number of anilines is 1. The van der Waals surface area contributed by atoms with Crippen LogP contribution in [0.25, 0.3) is 5.95 Å². The smallest absolute Gasteiger partial charge is 0.252 e. The summed E-state index contributed by atoms with van der Waals surface area (Å²) < 4.78 is 7.45. The Hall–Kier alpha value is -3.99. The lowest BCUT2D eigenvalue weighted by molar-refractivity contribution is -0.145. The van der Waals surface area contributed by atoms with Gasteiger partial charge in [-0.3, -0.25) is 19.1 Å². The maximum Gasteiger partial charge on any atom is 0.252 e. The van der Waals surface area contributed by atoms with Crippen LogP contribution in [0.5, 0.6) is 5.75 Å². The molecule has 1 unspecified atom stereocenters. The van der Waals surface area contributed by atoms with Gasteiger partial charge in [-0.2, -0.15) is 4.98 Å². The Bertz CT molecular complexity index is 1220. The van der Waals surface area contributed by atoms with E-state index in [1.807, 2.05) is 60.9 Å². The number of primary amides is 1. The Morgan fingerprint density at radius 3 is 2.62 bits per heavy atom. The van der Waals surface area contributed by atoms with E-state index in [9.17, 15) is 9.59 Å². The van der Waals surface area contributed by atoms with Gasteiger partial charge >= 0.3 is 0 Å². The number of ether oxygens (including phenoxy) is 1. The fraction of sp³-hybridized carbons (Fsp3) is 0.423. The number of nitrogens with zero attached hydrogens (tertiary/aromatic N) is 6. The lowest BCUT2D eigenvalue weighted by Crippen LogP contribution is -2.74. The summed E-state index contributed by atoms with van der Waals surface area (Å²) in [6.07, 6.45) is 5.81. The summed E-state index contributed by atoms with van der Waals surface area (Å²) in [5, 5.41) is 2.88. The van der Waals surface area contributed by atoms with E-state index in [-0.39, 0.29) is 19.7 Å². The number of piperazine rings is 1. The maximum atomic E-state index is 13.6. The number of carbonyl (C=O) groups excluding carboxylic acids is 2. The highest BCUT2D eigenvalue weighted by atomic mass is 16.5. The molecular formula is C26H34N8O3. The molecule has 1 aliphatic rings. The molecule has 1 atom stereocenters. The molecule has 0 radical (unpaired) electrons. The van der Waals surface area contributed by atoms with Crippen molar-refractivity contribution >= 4 is 17.6 Å². The zero-order valence-electron chi connectivity index (χ0n) is 21.6. The van der Waals surface area contributed by atoms with Crippen molar-refractivity contribution in [2.75, 3.05) is 44.2 Å². The van der Waals surface area contributed by atoms with Gasteiger partial charge in [0.25, 0.3) is 5.91 Å². The zero-order chi connectivity index (χ0) is 26.4. The number of rotatable bonds is 10. The summed E-state index contributed by atoms with van der Waals surface area (Å²) in [6, 6.07) is 9.53. The molecule has 3 heterocycles. The summed E-state index contributed by atoms with van der Waals surface area (Å²) in [5.41, 5.74) is 6.31. The van der Waals surface area contributed by atoms with Gasteiger partial charge in [0, 0.05) is 37.2 Å². The highest BCUT2D eigenvalue weighted by molar-refractivity contribution is 6.10. The van der Waals surface area contributed by atoms with Crippen LogP contribution < -0.4 is 20.7 Å². The first-order chi connectivity index (χ1) is 17.8. The van der Waals surface area contributed by atoms with E-state index in [0.29, 0.717) is 37.1 Å². The van der Waals surface area contributed by atoms with Gasteiger partial charge in [0.15, 0.2) is 5.54 Å². The van der Waals surface area contributed by atoms with Crippen molar-refractivity contribution in [2.45, 2.75) is 32.7 Å². The first-order valence-electron chi connectivity index (χ1n) is 12.4. The van der Waals surface area contributed by atoms with Crippen LogP contribution in [0.3, 0.4) is 0 Å². The van der Waals surface area contributed by atoms with Crippen LogP contribution in [0.15, 0.2) is 49.1 Å². The lowest BCUT2D eigenvalue weighted by atomic mass is 9.90. The molecule has 196 valence electrons. The Morgan fingerprint density at radius 2 is 1.95 bits per heavy atom. The molecule has 3 N–H and O–H groups in total. The molecule has 1 fully saturated rings. The van der Waals surface area contributed by atoms with Crippen molar-refractivity contribution in [3.8, 4) is 11.7 Å². The number of hydrogen-bond donors (Lipinski definition) is 2. The molecule has 3 aromatic rings. The number of nitrogens with one attached hydrogen (secondary N) is 1. The molecule has 1 saturated heterocycles. The predicted octanol–water partition coefficient (Wildman–Crippen LogP) is 1.23. The first-order valence-corrected chi connectivity index (χ1v) is 12.4. The summed E-state index contributed by atoms with van der Waals surface area (Å²) in [4.78, 5) is 43.7. The number of amides is 2. The van der Waals surface area contributed by atoms with Crippen molar-refractivity contribution in [1.29, 1.82) is 0 Å². The Morgan fingerprint density at radius 1 is 1.16 bits per heavy atom. The SMILES string of the molecule is CCCN1CCN(c2cc(C)nc(-n3ccnc3)n2)CC1(C(N)=O)C(=O)NCCOc1ccc(C)cc1. The van der Waals surface area contributed by atoms with Crippen molar-refractivity contribution in [1.82, 2.24) is 29.7 Å². The number of hydrogen-bond acceptors (Lipinski definition) is 8. The van der Waals surface area contributed by atoms with Gasteiger partial charge in [-0.1, -0.05) is 24.6 Å². The van der Waals surface area contributed by atoms with E-state index in [0.717, 1.165) is 17.7 Å². The van der Waals surface area contributed by atoms with E-state index in [4.69, 9.17) is 10.5 Å². The summed E-state index contributed by atoms with van der Waals surface area (Å²) >= 11 is 0. The molecule has 2 amide bonds. The van der Waals surface area contributed by atoms with Crippen LogP contribution in [0, 0.1) is 13.8 Å². The molecular weight excluding hydrogens is 472 g/mol. The Kier molecular flexibility index (Phi) is 8.02. The van der Waals surface area contributed by atoms with Crippen molar-refractivity contribution in [3.05, 3.63) is 60.3 Å². The third-order valence-electron chi connectivity index (χ3n) is 6.44. The summed E-state index contributed by atoms with van der Waals surface area (Å²) in [6.45, 7) is 8.09. The van der Waals surface area contributed by atoms with Crippen LogP contribution in [-0.4, -0.2) is 81.1 Å². The second-order valence-electron chi connectivity index (χ2n) is 9.19. The number of nitrogens with two attached hydrogens (primary N) is 1. The summed E-state index contributed by atoms with van der Waals surface area (Å²) in [7, 11) is 0. The first kappa shape index (κ1) is 26.1. The van der Waals surface area contributed by atoms with E-state index in [1.54, 1.807) is 23.3 Å². The number of benzene rings is 1. The van der Waals surface area contributed by atoms with E-state index in [2.05, 4.69) is 20.3 Å². The molecule has 0 aliphatic carbocycles. The van der Waals surface area contributed by atoms with Crippen LogP contribution in [0.2, 0.25) is 0 Å². The maximum absolute atomic E-state index is 13.6. The average Bonchev–Trinajstić information content (AvgIpc) is 3.43. The fourth-order valence-electron chi connectivity index (χ4n) is 4.52. The van der Waals surface area contributed by atoms with E-state index in [1.165, 1.54) is 0 Å². The minimum absolute atomic E-state index is 0.0762. The average molecular weight is 507 g/mol. The monoisotopic (exact) mass is 506 g/mol. The molecule has 37 heavy (non-hydrogen) atoms. The van der Waals surface area contributed by atoms with Gasteiger partial charge in [0.05, 0.1) is 13.1 Å². The molecule has 0 bridgehead atoms. The number of aromatic nitrogens is 4. The van der Waals surface area contributed by atoms with Crippen molar-refractivity contribution in [3.63, 3.8) is 0 Å². The molecule has 2 aromatic heterocycles. The molecule has 11 nitrogen and oxygen atoms in total. The lowest BCUT2D eigenvalue weighted by Gasteiger charge is -2.47. The highest BCUT2D eigenvalue weighted by Gasteiger charge is 2.53. The van der Waals surface area contributed by atoms with Crippen molar-refractivity contribution < 1.29 is 14.3 Å². The molecule has 0 spiro atoms. The van der Waals surface area contributed by atoms with E-state index >= 15 is 0 Å². The predicted molar refractivity (Wildman–Crippen MR) is 140 cm³/mol. The third kappa shape index (κ3) is 5.72. The second kappa shape index (κ2) is 11.4. The highest BCUT2D eigenvalue weighted by Crippen LogP contribution is 2.27. The topological polar surface area (TPSA) is 131 Å². The van der Waals surface area contributed by atoms with Crippen LogP contribution in [0.4, 0.5) is 5.82 Å². The van der Waals surface area contributed by atoms with Crippen LogP contribution >= 0.6 is 0 Å². The zero-order valence-corrected chi connectivity index (χ0v) is 21.6. The molecule has 1 aromatic carbocycles. The number of aryl methyl sites for hydroxylation is 2. The minimum atomic E-state index is -1.55. The van der Waals surface area contributed by atoms with Gasteiger partial charge in [-0.15, -0.1) is 0 Å². The van der Waals surface area contributed by atoms with E-state index < -0.39 is 17.4 Å². The Labute approximate surface area is 216 Å². The molecule has 11 heteroatoms. The standard InChI is InChI=1S/C26H34N8O3/c1-4-11-34-14-13-32(22-16-20(3)30-25(31-22)33-12-9-28-18-33)17-26(34,23(27)35)24(36)29-10-15-37-21-7-5-19(2)6-8-21/h5-9,12,16,18H,4,10-11,13-15,17H2,1-3H3,(H2,27,35)(H,29,36). The third-order valence-corrected chi connectivity index (χ3v) is 6.44. The number of imidazole rings is 1. The minimum Gasteiger partial charge on any atom is -0.492 e. The summed E-state index contributed by atoms with van der Waals surface area (Å²) in [5.74, 6) is 0.669. The van der Waals surface area contributed by atoms with Gasteiger partial charge < -0.3 is 20.7 Å². The molecule has 1 aliphatic heterocycles. The van der Waals surface area contributed by atoms with Gasteiger partial charge in [0.2, 0.25) is 11.9 Å². The second-order valence-corrected chi connectivity index (χ2v) is 9.19. The molecule has 0 saturated carbocycles. The Balaban J connectivity index is 1.53. The van der Waals surface area contributed by atoms with Crippen LogP contribution in [0.1, 0.15) is 24.6 Å². The molecule has 4 rings (SSSR count). The van der Waals surface area contributed by atoms with Gasteiger partial charge in [0.1, 0.15) is 24.5 Å². The largest absolute Gasteiger partial charge is 0.492 e. The quantitative estimate of drug-likeness (QED) is 0.310. The fourth-order valence-corrected chi connectivity index (χ4v) is 4.52. The normalized spacial score (nSPS) is 18.0. The number of carbonyl (C=O) groups is 2. The van der Waals surface area contributed by atoms with Gasteiger partial charge in [-0.05, 0) is 38.9 Å². The van der Waals surface area contributed by atoms with Gasteiger partial charge in [-0.25, -0.2) is 9.97 Å².